The Morgan fingerprint density at radius 1 is 1.50 bits per heavy atom. The summed E-state index contributed by atoms with van der Waals surface area (Å²) in [6, 6.07) is 0. The average molecular weight is 269 g/mol. The molecule has 0 bridgehead atoms. The Morgan fingerprint density at radius 3 is 3.06 bits per heavy atom. The molecule has 96 valence electrons. The minimum Gasteiger partial charge on any atom is -0.390 e. The van der Waals surface area contributed by atoms with Crippen LogP contribution in [-0.2, 0) is 4.74 Å². The van der Waals surface area contributed by atoms with Crippen LogP contribution in [0.15, 0.2) is 12.7 Å². The molecule has 1 fully saturated rings. The van der Waals surface area contributed by atoms with Crippen molar-refractivity contribution in [2.75, 3.05) is 0 Å². The van der Waals surface area contributed by atoms with Crippen LogP contribution >= 0.6 is 11.6 Å². The Labute approximate surface area is 109 Å². The highest BCUT2D eigenvalue weighted by Gasteiger charge is 2.34. The van der Waals surface area contributed by atoms with Crippen LogP contribution in [0.25, 0.3) is 11.2 Å². The van der Waals surface area contributed by atoms with Gasteiger partial charge in [-0.25, -0.2) is 15.0 Å². The van der Waals surface area contributed by atoms with Crippen molar-refractivity contribution in [3.05, 3.63) is 17.8 Å². The first-order valence-corrected chi connectivity index (χ1v) is 6.25. The first-order chi connectivity index (χ1) is 8.70. The van der Waals surface area contributed by atoms with Gasteiger partial charge in [0.1, 0.15) is 18.1 Å². The number of hydrogen-bond acceptors (Lipinski definition) is 5. The van der Waals surface area contributed by atoms with Gasteiger partial charge in [-0.1, -0.05) is 18.5 Å². The Balaban J connectivity index is 1.99. The normalized spacial score (nSPS) is 28.1. The molecule has 0 spiro atoms. The quantitative estimate of drug-likeness (QED) is 0.837. The number of aliphatic hydroxyl groups excluding tert-OH is 1. The van der Waals surface area contributed by atoms with Crippen LogP contribution in [0.5, 0.6) is 0 Å². The molecule has 2 aromatic heterocycles. The molecule has 1 N–H and O–H groups in total. The molecule has 1 aliphatic heterocycles. The molecule has 1 aliphatic rings. The monoisotopic (exact) mass is 268 g/mol. The first-order valence-electron chi connectivity index (χ1n) is 5.87. The lowest BCUT2D eigenvalue weighted by atomic mass is 10.1. The summed E-state index contributed by atoms with van der Waals surface area (Å²) in [5.41, 5.74) is 1.18. The predicted octanol–water partition coefficient (Wildman–Crippen LogP) is 1.54. The zero-order chi connectivity index (χ0) is 12.7. The molecule has 0 aromatic carbocycles. The van der Waals surface area contributed by atoms with Gasteiger partial charge < -0.3 is 9.84 Å². The van der Waals surface area contributed by atoms with E-state index >= 15 is 0 Å². The van der Waals surface area contributed by atoms with E-state index in [1.165, 1.54) is 6.33 Å². The van der Waals surface area contributed by atoms with Gasteiger partial charge in [-0.2, -0.15) is 0 Å². The maximum absolute atomic E-state index is 9.87. The van der Waals surface area contributed by atoms with Crippen molar-refractivity contribution in [2.24, 2.45) is 0 Å². The molecule has 6 nitrogen and oxygen atoms in total. The van der Waals surface area contributed by atoms with Crippen LogP contribution in [0.4, 0.5) is 0 Å². The fourth-order valence-corrected chi connectivity index (χ4v) is 2.46. The Morgan fingerprint density at radius 2 is 2.33 bits per heavy atom. The van der Waals surface area contributed by atoms with Gasteiger partial charge in [-0.05, 0) is 6.42 Å². The van der Waals surface area contributed by atoms with E-state index in [1.54, 1.807) is 10.9 Å². The maximum atomic E-state index is 9.87. The predicted molar refractivity (Wildman–Crippen MR) is 65.2 cm³/mol. The molecule has 3 heterocycles. The van der Waals surface area contributed by atoms with E-state index in [4.69, 9.17) is 16.3 Å². The van der Waals surface area contributed by atoms with Crippen molar-refractivity contribution < 1.29 is 9.84 Å². The van der Waals surface area contributed by atoms with Gasteiger partial charge >= 0.3 is 0 Å². The lowest BCUT2D eigenvalue weighted by molar-refractivity contribution is -0.0183. The third-order valence-electron chi connectivity index (χ3n) is 3.23. The summed E-state index contributed by atoms with van der Waals surface area (Å²) in [7, 11) is 0. The third-order valence-corrected chi connectivity index (χ3v) is 3.51. The highest BCUT2D eigenvalue weighted by molar-refractivity contribution is 6.33. The zero-order valence-corrected chi connectivity index (χ0v) is 10.6. The van der Waals surface area contributed by atoms with E-state index in [0.29, 0.717) is 22.7 Å². The van der Waals surface area contributed by atoms with E-state index in [2.05, 4.69) is 15.0 Å². The second kappa shape index (κ2) is 4.46. The minimum atomic E-state index is -0.449. The van der Waals surface area contributed by atoms with Crippen LogP contribution in [0.2, 0.25) is 5.15 Å². The molecule has 3 unspecified atom stereocenters. The highest BCUT2D eigenvalue weighted by Crippen LogP contribution is 2.32. The fraction of sp³-hybridized carbons (Fsp3) is 0.545. The van der Waals surface area contributed by atoms with Crippen molar-refractivity contribution in [3.8, 4) is 0 Å². The maximum Gasteiger partial charge on any atom is 0.166 e. The topological polar surface area (TPSA) is 73.1 Å². The number of hydrogen-bond donors (Lipinski definition) is 1. The van der Waals surface area contributed by atoms with Crippen LogP contribution in [0, 0.1) is 0 Å². The number of aromatic nitrogens is 4. The molecule has 3 rings (SSSR count). The third kappa shape index (κ3) is 1.77. The Bertz CT molecular complexity index is 573. The number of rotatable bonds is 2. The number of ether oxygens (including phenoxy) is 1. The van der Waals surface area contributed by atoms with Crippen molar-refractivity contribution in [3.63, 3.8) is 0 Å². The van der Waals surface area contributed by atoms with Gasteiger partial charge in [0.05, 0.1) is 18.5 Å². The lowest BCUT2D eigenvalue weighted by Gasteiger charge is -2.13. The highest BCUT2D eigenvalue weighted by atomic mass is 35.5. The molecule has 7 heteroatoms. The van der Waals surface area contributed by atoms with Crippen LogP contribution in [0.1, 0.15) is 26.0 Å². The van der Waals surface area contributed by atoms with Gasteiger partial charge in [0.15, 0.2) is 10.8 Å². The van der Waals surface area contributed by atoms with Crippen molar-refractivity contribution in [2.45, 2.75) is 38.2 Å². The van der Waals surface area contributed by atoms with E-state index < -0.39 is 6.10 Å². The molecule has 1 saturated heterocycles. The molecule has 0 aliphatic carbocycles. The van der Waals surface area contributed by atoms with Crippen LogP contribution in [0.3, 0.4) is 0 Å². The molecule has 3 atom stereocenters. The molecule has 0 saturated carbocycles. The van der Waals surface area contributed by atoms with Gasteiger partial charge in [-0.15, -0.1) is 0 Å². The van der Waals surface area contributed by atoms with E-state index in [1.807, 2.05) is 6.92 Å². The summed E-state index contributed by atoms with van der Waals surface area (Å²) >= 11 is 5.94. The fourth-order valence-electron chi connectivity index (χ4n) is 2.29. The van der Waals surface area contributed by atoms with Crippen molar-refractivity contribution in [1.29, 1.82) is 0 Å². The average Bonchev–Trinajstić information content (AvgIpc) is 2.93. The summed E-state index contributed by atoms with van der Waals surface area (Å²) in [6.07, 6.45) is 3.50. The SMILES string of the molecule is CCC1OC(n2cnc3c(Cl)ncnc32)CC1O. The van der Waals surface area contributed by atoms with Crippen molar-refractivity contribution in [1.82, 2.24) is 19.5 Å². The lowest BCUT2D eigenvalue weighted by Crippen LogP contribution is -2.19. The van der Waals surface area contributed by atoms with Gasteiger partial charge in [0.25, 0.3) is 0 Å². The largest absolute Gasteiger partial charge is 0.390 e. The summed E-state index contributed by atoms with van der Waals surface area (Å²) in [4.78, 5) is 12.2. The molecule has 0 radical (unpaired) electrons. The number of aliphatic hydroxyl groups is 1. The van der Waals surface area contributed by atoms with Gasteiger partial charge in [0, 0.05) is 6.42 Å². The smallest absolute Gasteiger partial charge is 0.166 e. The molecule has 0 amide bonds. The zero-order valence-electron chi connectivity index (χ0n) is 9.82. The second-order valence-corrected chi connectivity index (χ2v) is 4.69. The number of fused-ring (bicyclic) bond motifs is 1. The van der Waals surface area contributed by atoms with E-state index in [9.17, 15) is 5.11 Å². The summed E-state index contributed by atoms with van der Waals surface area (Å²) in [5.74, 6) is 0. The standard InChI is InChI=1S/C11H13ClN4O2/c1-2-7-6(17)3-8(18-7)16-5-15-9-10(12)13-4-14-11(9)16/h4-8,17H,2-3H2,1H3. The summed E-state index contributed by atoms with van der Waals surface area (Å²) in [6.45, 7) is 1.99. The molecular weight excluding hydrogens is 256 g/mol. The van der Waals surface area contributed by atoms with Crippen LogP contribution < -0.4 is 0 Å². The van der Waals surface area contributed by atoms with E-state index in [0.717, 1.165) is 6.42 Å². The van der Waals surface area contributed by atoms with E-state index in [-0.39, 0.29) is 12.3 Å². The summed E-state index contributed by atoms with van der Waals surface area (Å²) in [5, 5.41) is 10.2. The first kappa shape index (κ1) is 11.8. The number of imidazole rings is 1. The number of nitrogens with zero attached hydrogens (tertiary/aromatic N) is 4. The minimum absolute atomic E-state index is 0.134. The Hall–Kier alpha value is -1.24. The molecule has 18 heavy (non-hydrogen) atoms. The summed E-state index contributed by atoms with van der Waals surface area (Å²) < 4.78 is 7.58. The van der Waals surface area contributed by atoms with Gasteiger partial charge in [0.2, 0.25) is 0 Å². The van der Waals surface area contributed by atoms with Crippen LogP contribution in [-0.4, -0.2) is 36.8 Å². The molecule has 2 aromatic rings. The van der Waals surface area contributed by atoms with Gasteiger partial charge in [-0.3, -0.25) is 4.57 Å². The molecular formula is C11H13ClN4O2. The number of halogens is 1. The second-order valence-electron chi connectivity index (χ2n) is 4.33. The van der Waals surface area contributed by atoms with Crippen molar-refractivity contribution >= 4 is 22.8 Å². The Kier molecular flexibility index (Phi) is 2.93.